The molecule has 0 aliphatic heterocycles. The van der Waals surface area contributed by atoms with E-state index >= 15 is 0 Å². The summed E-state index contributed by atoms with van der Waals surface area (Å²) >= 11 is 0. The molecule has 0 aliphatic rings. The van der Waals surface area contributed by atoms with E-state index in [1.165, 1.54) is 0 Å². The standard InChI is InChI=1S/C23H29N5O5/c1-16(27-28-22(24)25)7-8-17-9-11-19(12-10-17)32-14-13-20(21(29)30)26-23(31)33-15-18-5-3-2-4-6-18/h2-6,9-12,20H,7-8,13-15H2,1H3,(H,26,31)(H,29,30)(H4,24,25,28)/b27-16+. The van der Waals surface area contributed by atoms with E-state index in [-0.39, 0.29) is 25.6 Å². The van der Waals surface area contributed by atoms with Crippen molar-refractivity contribution >= 4 is 23.7 Å². The second kappa shape index (κ2) is 13.4. The minimum Gasteiger partial charge on any atom is -0.494 e. The van der Waals surface area contributed by atoms with Gasteiger partial charge in [-0.2, -0.15) is 5.10 Å². The number of rotatable bonds is 12. The largest absolute Gasteiger partial charge is 0.494 e. The highest BCUT2D eigenvalue weighted by Gasteiger charge is 2.20. The van der Waals surface area contributed by atoms with Crippen LogP contribution in [0.1, 0.15) is 30.9 Å². The molecular formula is C23H29N5O5. The van der Waals surface area contributed by atoms with E-state index in [2.05, 4.69) is 15.5 Å². The maximum absolute atomic E-state index is 11.9. The van der Waals surface area contributed by atoms with Gasteiger partial charge in [0.15, 0.2) is 0 Å². The number of aliphatic carboxylic acids is 1. The highest BCUT2D eigenvalue weighted by atomic mass is 16.5. The summed E-state index contributed by atoms with van der Waals surface area (Å²) in [6.07, 6.45) is 0.738. The van der Waals surface area contributed by atoms with Crippen LogP contribution in [0.3, 0.4) is 0 Å². The summed E-state index contributed by atoms with van der Waals surface area (Å²) < 4.78 is 10.7. The van der Waals surface area contributed by atoms with Crippen molar-refractivity contribution < 1.29 is 24.2 Å². The minimum absolute atomic E-state index is 0.0571. The number of nitrogens with two attached hydrogens (primary N) is 2. The van der Waals surface area contributed by atoms with Crippen molar-refractivity contribution in [1.82, 2.24) is 5.32 Å². The van der Waals surface area contributed by atoms with Gasteiger partial charge in [-0.1, -0.05) is 42.5 Å². The van der Waals surface area contributed by atoms with E-state index < -0.39 is 18.1 Å². The Hall–Kier alpha value is -4.08. The topological polar surface area (TPSA) is 162 Å². The molecule has 6 N–H and O–H groups in total. The fraction of sp³-hybridized carbons (Fsp3) is 0.304. The number of carboxylic acid groups (broad SMARTS) is 1. The molecule has 1 atom stereocenters. The number of carboxylic acids is 1. The number of carbonyl (C=O) groups excluding carboxylic acids is 1. The molecule has 1 amide bonds. The summed E-state index contributed by atoms with van der Waals surface area (Å²) in [6, 6.07) is 15.4. The van der Waals surface area contributed by atoms with Crippen LogP contribution in [0.4, 0.5) is 4.79 Å². The normalized spacial score (nSPS) is 11.8. The Bertz CT molecular complexity index is 957. The van der Waals surface area contributed by atoms with Crippen molar-refractivity contribution in [3.63, 3.8) is 0 Å². The molecule has 33 heavy (non-hydrogen) atoms. The molecule has 2 aromatic carbocycles. The number of nitrogens with zero attached hydrogens (tertiary/aromatic N) is 2. The Balaban J connectivity index is 1.74. The fourth-order valence-electron chi connectivity index (χ4n) is 2.73. The smallest absolute Gasteiger partial charge is 0.408 e. The zero-order valence-electron chi connectivity index (χ0n) is 18.4. The lowest BCUT2D eigenvalue weighted by Crippen LogP contribution is -2.42. The maximum Gasteiger partial charge on any atom is 0.408 e. The average molecular weight is 456 g/mol. The van der Waals surface area contributed by atoms with Gasteiger partial charge in [0.05, 0.1) is 6.61 Å². The first kappa shape index (κ1) is 25.2. The van der Waals surface area contributed by atoms with Gasteiger partial charge in [-0.25, -0.2) is 9.59 Å². The molecule has 10 nitrogen and oxygen atoms in total. The Morgan fingerprint density at radius 1 is 1.03 bits per heavy atom. The number of guanidine groups is 1. The third kappa shape index (κ3) is 10.2. The maximum atomic E-state index is 11.9. The van der Waals surface area contributed by atoms with E-state index in [9.17, 15) is 14.7 Å². The number of hydrogen-bond acceptors (Lipinski definition) is 6. The molecule has 1 unspecified atom stereocenters. The van der Waals surface area contributed by atoms with Crippen LogP contribution in [-0.2, 0) is 22.6 Å². The Morgan fingerprint density at radius 3 is 2.36 bits per heavy atom. The van der Waals surface area contributed by atoms with Crippen molar-refractivity contribution in [3.05, 3.63) is 65.7 Å². The molecule has 0 saturated carbocycles. The molecule has 0 radical (unpaired) electrons. The summed E-state index contributed by atoms with van der Waals surface area (Å²) in [5.74, 6) is -0.649. The molecule has 0 fully saturated rings. The van der Waals surface area contributed by atoms with Gasteiger partial charge < -0.3 is 31.4 Å². The molecule has 0 spiro atoms. The molecule has 10 heteroatoms. The summed E-state index contributed by atoms with van der Waals surface area (Å²) in [5.41, 5.74) is 13.2. The number of hydrogen-bond donors (Lipinski definition) is 4. The third-order valence-corrected chi connectivity index (χ3v) is 4.51. The SMILES string of the molecule is C/C(CCc1ccc(OCCC(NC(=O)OCc2ccccc2)C(=O)O)cc1)=N\N=C(N)N. The molecule has 0 aliphatic carbocycles. The molecule has 0 bridgehead atoms. The molecule has 0 saturated heterocycles. The highest BCUT2D eigenvalue weighted by Crippen LogP contribution is 2.14. The van der Waals surface area contributed by atoms with E-state index in [0.717, 1.165) is 23.3 Å². The molecule has 0 aromatic heterocycles. The van der Waals surface area contributed by atoms with Gasteiger partial charge >= 0.3 is 12.1 Å². The van der Waals surface area contributed by atoms with Crippen LogP contribution in [0.25, 0.3) is 0 Å². The number of alkyl carbamates (subject to hydrolysis) is 1. The van der Waals surface area contributed by atoms with E-state index in [1.54, 1.807) is 12.1 Å². The predicted octanol–water partition coefficient (Wildman–Crippen LogP) is 2.42. The van der Waals surface area contributed by atoms with E-state index in [1.807, 2.05) is 49.4 Å². The second-order valence-corrected chi connectivity index (χ2v) is 7.24. The lowest BCUT2D eigenvalue weighted by Gasteiger charge is -2.15. The first-order valence-electron chi connectivity index (χ1n) is 10.4. The number of nitrogens with one attached hydrogen (secondary N) is 1. The van der Waals surface area contributed by atoms with Gasteiger partial charge in [-0.3, -0.25) is 0 Å². The summed E-state index contributed by atoms with van der Waals surface area (Å²) in [4.78, 5) is 23.4. The highest BCUT2D eigenvalue weighted by molar-refractivity contribution is 5.83. The summed E-state index contributed by atoms with van der Waals surface area (Å²) in [5, 5.41) is 19.2. The van der Waals surface area contributed by atoms with Crippen LogP contribution in [-0.4, -0.2) is 41.5 Å². The zero-order chi connectivity index (χ0) is 24.1. The van der Waals surface area contributed by atoms with Crippen molar-refractivity contribution in [1.29, 1.82) is 0 Å². The Morgan fingerprint density at radius 2 is 1.73 bits per heavy atom. The monoisotopic (exact) mass is 455 g/mol. The van der Waals surface area contributed by atoms with Gasteiger partial charge in [0.1, 0.15) is 18.4 Å². The Kier molecular flexibility index (Phi) is 10.2. The molecular weight excluding hydrogens is 426 g/mol. The van der Waals surface area contributed by atoms with Gasteiger partial charge in [-0.15, -0.1) is 5.10 Å². The van der Waals surface area contributed by atoms with Crippen molar-refractivity contribution in [3.8, 4) is 5.75 Å². The molecule has 2 aromatic rings. The number of ether oxygens (including phenoxy) is 2. The van der Waals surface area contributed by atoms with Crippen molar-refractivity contribution in [2.75, 3.05) is 6.61 Å². The summed E-state index contributed by atoms with van der Waals surface area (Å²) in [7, 11) is 0. The van der Waals surface area contributed by atoms with E-state index in [4.69, 9.17) is 20.9 Å². The number of amides is 1. The van der Waals surface area contributed by atoms with Gasteiger partial charge in [0, 0.05) is 12.1 Å². The van der Waals surface area contributed by atoms with Crippen LogP contribution >= 0.6 is 0 Å². The zero-order valence-corrected chi connectivity index (χ0v) is 18.4. The first-order chi connectivity index (χ1) is 15.8. The quantitative estimate of drug-likeness (QED) is 0.217. The average Bonchev–Trinajstić information content (AvgIpc) is 2.80. The number of benzene rings is 2. The molecule has 176 valence electrons. The molecule has 2 rings (SSSR count). The second-order valence-electron chi connectivity index (χ2n) is 7.24. The van der Waals surface area contributed by atoms with Crippen LogP contribution in [0.2, 0.25) is 0 Å². The predicted molar refractivity (Wildman–Crippen MR) is 125 cm³/mol. The summed E-state index contributed by atoms with van der Waals surface area (Å²) in [6.45, 7) is 2.01. The lowest BCUT2D eigenvalue weighted by atomic mass is 10.1. The van der Waals surface area contributed by atoms with Crippen LogP contribution in [0.15, 0.2) is 64.8 Å². The Labute approximate surface area is 192 Å². The third-order valence-electron chi connectivity index (χ3n) is 4.51. The van der Waals surface area contributed by atoms with Crippen LogP contribution < -0.4 is 21.5 Å². The van der Waals surface area contributed by atoms with Crippen LogP contribution in [0.5, 0.6) is 5.75 Å². The fourth-order valence-corrected chi connectivity index (χ4v) is 2.73. The first-order valence-corrected chi connectivity index (χ1v) is 10.4. The number of aryl methyl sites for hydroxylation is 1. The van der Waals surface area contributed by atoms with E-state index in [0.29, 0.717) is 12.2 Å². The lowest BCUT2D eigenvalue weighted by molar-refractivity contribution is -0.139. The van der Waals surface area contributed by atoms with Crippen molar-refractivity contribution in [2.24, 2.45) is 21.7 Å². The van der Waals surface area contributed by atoms with Gasteiger partial charge in [-0.05, 0) is 43.0 Å². The minimum atomic E-state index is -1.16. The van der Waals surface area contributed by atoms with Crippen molar-refractivity contribution in [2.45, 2.75) is 38.8 Å². The number of carbonyl (C=O) groups is 2. The van der Waals surface area contributed by atoms with Gasteiger partial charge in [0.25, 0.3) is 0 Å². The van der Waals surface area contributed by atoms with Gasteiger partial charge in [0.2, 0.25) is 5.96 Å². The van der Waals surface area contributed by atoms with Crippen LogP contribution in [0, 0.1) is 0 Å². The molecule has 0 heterocycles.